The zero-order valence-corrected chi connectivity index (χ0v) is 8.37. The summed E-state index contributed by atoms with van der Waals surface area (Å²) in [7, 11) is 0. The van der Waals surface area contributed by atoms with Gasteiger partial charge in [0.25, 0.3) is 0 Å². The van der Waals surface area contributed by atoms with Crippen LogP contribution in [0.4, 0.5) is 0 Å². The summed E-state index contributed by atoms with van der Waals surface area (Å²) >= 11 is 3.24. The van der Waals surface area contributed by atoms with Gasteiger partial charge in [0.1, 0.15) is 4.60 Å². The lowest BCUT2D eigenvalue weighted by Gasteiger charge is -2.21. The molecule has 0 aromatic carbocycles. The summed E-state index contributed by atoms with van der Waals surface area (Å²) in [5.41, 5.74) is 5.99. The summed E-state index contributed by atoms with van der Waals surface area (Å²) in [4.78, 5) is 3.97. The molecule has 1 atom stereocenters. The van der Waals surface area contributed by atoms with Crippen molar-refractivity contribution in [2.45, 2.75) is 12.5 Å². The van der Waals surface area contributed by atoms with Crippen LogP contribution in [0.1, 0.15) is 12.5 Å². The molecule has 1 aromatic rings. The van der Waals surface area contributed by atoms with Crippen LogP contribution >= 0.6 is 15.9 Å². The normalized spacial score (nSPS) is 15.7. The molecule has 0 amide bonds. The maximum atomic E-state index is 8.98. The molecule has 0 radical (unpaired) electrons. The van der Waals surface area contributed by atoms with Gasteiger partial charge in [-0.05, 0) is 40.5 Å². The molecule has 1 rings (SSSR count). The van der Waals surface area contributed by atoms with Crippen molar-refractivity contribution >= 4 is 15.9 Å². The zero-order valence-electron chi connectivity index (χ0n) is 6.79. The second-order valence-electron chi connectivity index (χ2n) is 2.94. The predicted molar refractivity (Wildman–Crippen MR) is 50.6 cm³/mol. The van der Waals surface area contributed by atoms with Gasteiger partial charge in [-0.15, -0.1) is 0 Å². The Bertz CT molecular complexity index is 276. The Labute approximate surface area is 79.7 Å². The van der Waals surface area contributed by atoms with Gasteiger partial charge in [-0.3, -0.25) is 0 Å². The second-order valence-corrected chi connectivity index (χ2v) is 3.76. The van der Waals surface area contributed by atoms with E-state index in [9.17, 15) is 0 Å². The minimum atomic E-state index is -0.689. The van der Waals surface area contributed by atoms with Gasteiger partial charge in [-0.25, -0.2) is 4.98 Å². The van der Waals surface area contributed by atoms with Gasteiger partial charge in [0.05, 0.1) is 12.1 Å². The van der Waals surface area contributed by atoms with Gasteiger partial charge in [0.15, 0.2) is 0 Å². The van der Waals surface area contributed by atoms with E-state index in [1.54, 1.807) is 25.3 Å². The molecule has 0 aliphatic carbocycles. The standard InChI is InChI=1S/C8H11BrN2O/c1-8(10,5-12)6-2-3-11-7(9)4-6/h2-4,12H,5,10H2,1H3/t8-/m1/s1. The average Bonchev–Trinajstić information content (AvgIpc) is 2.05. The van der Waals surface area contributed by atoms with Crippen LogP contribution in [0.25, 0.3) is 0 Å². The maximum absolute atomic E-state index is 8.98. The quantitative estimate of drug-likeness (QED) is 0.747. The highest BCUT2D eigenvalue weighted by Gasteiger charge is 2.19. The molecule has 12 heavy (non-hydrogen) atoms. The third-order valence-corrected chi connectivity index (χ3v) is 2.15. The SMILES string of the molecule is C[C@@](N)(CO)c1ccnc(Br)c1. The third kappa shape index (κ3) is 2.03. The van der Waals surface area contributed by atoms with Gasteiger partial charge < -0.3 is 10.8 Å². The Balaban J connectivity index is 3.03. The highest BCUT2D eigenvalue weighted by molar-refractivity contribution is 9.10. The summed E-state index contributed by atoms with van der Waals surface area (Å²) in [5, 5.41) is 8.98. The summed E-state index contributed by atoms with van der Waals surface area (Å²) in [5.74, 6) is 0. The van der Waals surface area contributed by atoms with Crippen LogP contribution in [0.15, 0.2) is 22.9 Å². The van der Waals surface area contributed by atoms with E-state index in [1.165, 1.54) is 0 Å². The fourth-order valence-electron chi connectivity index (χ4n) is 0.849. The van der Waals surface area contributed by atoms with E-state index in [1.807, 2.05) is 0 Å². The van der Waals surface area contributed by atoms with Crippen molar-refractivity contribution in [2.24, 2.45) is 5.73 Å². The van der Waals surface area contributed by atoms with Crippen molar-refractivity contribution in [3.05, 3.63) is 28.5 Å². The van der Waals surface area contributed by atoms with Crippen molar-refractivity contribution in [3.8, 4) is 0 Å². The molecule has 3 N–H and O–H groups in total. The number of nitrogens with zero attached hydrogens (tertiary/aromatic N) is 1. The van der Waals surface area contributed by atoms with E-state index in [-0.39, 0.29) is 6.61 Å². The largest absolute Gasteiger partial charge is 0.394 e. The maximum Gasteiger partial charge on any atom is 0.106 e. The molecule has 1 aromatic heterocycles. The highest BCUT2D eigenvalue weighted by atomic mass is 79.9. The number of hydrogen-bond donors (Lipinski definition) is 2. The van der Waals surface area contributed by atoms with E-state index in [0.29, 0.717) is 0 Å². The number of rotatable bonds is 2. The van der Waals surface area contributed by atoms with E-state index in [4.69, 9.17) is 10.8 Å². The van der Waals surface area contributed by atoms with E-state index >= 15 is 0 Å². The number of hydrogen-bond acceptors (Lipinski definition) is 3. The van der Waals surface area contributed by atoms with Gasteiger partial charge in [0.2, 0.25) is 0 Å². The molecule has 0 aliphatic rings. The van der Waals surface area contributed by atoms with Crippen LogP contribution in [0, 0.1) is 0 Å². The van der Waals surface area contributed by atoms with Crippen LogP contribution in [-0.2, 0) is 5.54 Å². The van der Waals surface area contributed by atoms with Gasteiger partial charge in [-0.1, -0.05) is 0 Å². The van der Waals surface area contributed by atoms with E-state index in [2.05, 4.69) is 20.9 Å². The first kappa shape index (κ1) is 9.64. The molecular weight excluding hydrogens is 220 g/mol. The predicted octanol–water partition coefficient (Wildman–Crippen LogP) is 1.01. The molecule has 0 aliphatic heterocycles. The second kappa shape index (κ2) is 3.51. The topological polar surface area (TPSA) is 59.1 Å². The highest BCUT2D eigenvalue weighted by Crippen LogP contribution is 2.18. The van der Waals surface area contributed by atoms with Crippen LogP contribution in [0.2, 0.25) is 0 Å². The van der Waals surface area contributed by atoms with Crippen molar-refractivity contribution in [2.75, 3.05) is 6.61 Å². The summed E-state index contributed by atoms with van der Waals surface area (Å²) < 4.78 is 0.727. The molecule has 66 valence electrons. The smallest absolute Gasteiger partial charge is 0.106 e. The zero-order chi connectivity index (χ0) is 9.19. The Morgan fingerprint density at radius 1 is 1.75 bits per heavy atom. The van der Waals surface area contributed by atoms with Crippen molar-refractivity contribution in [3.63, 3.8) is 0 Å². The first-order valence-corrected chi connectivity index (χ1v) is 4.37. The third-order valence-electron chi connectivity index (χ3n) is 1.71. The number of halogens is 1. The molecule has 0 spiro atoms. The lowest BCUT2D eigenvalue weighted by Crippen LogP contribution is -2.36. The van der Waals surface area contributed by atoms with Gasteiger partial charge in [0, 0.05) is 6.20 Å². The van der Waals surface area contributed by atoms with Crippen molar-refractivity contribution in [1.82, 2.24) is 4.98 Å². The first-order chi connectivity index (χ1) is 5.56. The molecular formula is C8H11BrN2O. The minimum Gasteiger partial charge on any atom is -0.394 e. The minimum absolute atomic E-state index is 0.0799. The summed E-state index contributed by atoms with van der Waals surface area (Å²) in [6.07, 6.45) is 1.65. The van der Waals surface area contributed by atoms with Crippen LogP contribution in [-0.4, -0.2) is 16.7 Å². The Kier molecular flexibility index (Phi) is 2.82. The monoisotopic (exact) mass is 230 g/mol. The Hall–Kier alpha value is -0.450. The molecule has 0 fully saturated rings. The molecule has 0 unspecified atom stereocenters. The van der Waals surface area contributed by atoms with Crippen LogP contribution in [0.5, 0.6) is 0 Å². The van der Waals surface area contributed by atoms with Gasteiger partial charge >= 0.3 is 0 Å². The lowest BCUT2D eigenvalue weighted by atomic mass is 9.96. The first-order valence-electron chi connectivity index (χ1n) is 3.58. The molecule has 4 heteroatoms. The van der Waals surface area contributed by atoms with Gasteiger partial charge in [-0.2, -0.15) is 0 Å². The van der Waals surface area contributed by atoms with Crippen LogP contribution in [0.3, 0.4) is 0 Å². The van der Waals surface area contributed by atoms with Crippen LogP contribution < -0.4 is 5.73 Å². The van der Waals surface area contributed by atoms with Crippen molar-refractivity contribution in [1.29, 1.82) is 0 Å². The number of nitrogens with two attached hydrogens (primary N) is 1. The van der Waals surface area contributed by atoms with E-state index in [0.717, 1.165) is 10.2 Å². The molecule has 0 saturated carbocycles. The number of aliphatic hydroxyl groups is 1. The Morgan fingerprint density at radius 3 is 2.92 bits per heavy atom. The number of pyridine rings is 1. The Morgan fingerprint density at radius 2 is 2.42 bits per heavy atom. The molecule has 1 heterocycles. The molecule has 3 nitrogen and oxygen atoms in total. The number of aliphatic hydroxyl groups excluding tert-OH is 1. The molecule has 0 saturated heterocycles. The average molecular weight is 231 g/mol. The van der Waals surface area contributed by atoms with Crippen molar-refractivity contribution < 1.29 is 5.11 Å². The number of aromatic nitrogens is 1. The fourth-order valence-corrected chi connectivity index (χ4v) is 1.21. The summed E-state index contributed by atoms with van der Waals surface area (Å²) in [6.45, 7) is 1.69. The molecule has 0 bridgehead atoms. The lowest BCUT2D eigenvalue weighted by molar-refractivity contribution is 0.210. The fraction of sp³-hybridized carbons (Fsp3) is 0.375. The summed E-state index contributed by atoms with van der Waals surface area (Å²) in [6, 6.07) is 3.59. The van der Waals surface area contributed by atoms with E-state index < -0.39 is 5.54 Å².